The van der Waals surface area contributed by atoms with Gasteiger partial charge in [-0.3, -0.25) is 4.79 Å². The van der Waals surface area contributed by atoms with Gasteiger partial charge in [-0.25, -0.2) is 0 Å². The zero-order chi connectivity index (χ0) is 8.27. The highest BCUT2D eigenvalue weighted by atomic mass is 32.2. The van der Waals surface area contributed by atoms with E-state index in [1.54, 1.807) is 0 Å². The standard InChI is InChI=1S/C9H14OS/c1-3-4-5-8-6-9(10)11-7(8)2/h3-6H2,1-2H3. The van der Waals surface area contributed by atoms with Crippen molar-refractivity contribution in [2.75, 3.05) is 0 Å². The number of hydrogen-bond donors (Lipinski definition) is 0. The van der Waals surface area contributed by atoms with Crippen molar-refractivity contribution in [1.82, 2.24) is 0 Å². The molecule has 0 atom stereocenters. The molecule has 11 heavy (non-hydrogen) atoms. The summed E-state index contributed by atoms with van der Waals surface area (Å²) in [6, 6.07) is 0. The van der Waals surface area contributed by atoms with Gasteiger partial charge in [0.05, 0.1) is 0 Å². The van der Waals surface area contributed by atoms with Crippen molar-refractivity contribution < 1.29 is 4.79 Å². The van der Waals surface area contributed by atoms with Crippen molar-refractivity contribution in [2.24, 2.45) is 0 Å². The van der Waals surface area contributed by atoms with Gasteiger partial charge >= 0.3 is 0 Å². The second-order valence-electron chi connectivity index (χ2n) is 2.91. The molecular weight excluding hydrogens is 156 g/mol. The summed E-state index contributed by atoms with van der Waals surface area (Å²) >= 11 is 1.42. The minimum atomic E-state index is 0.327. The Morgan fingerprint density at radius 3 is 2.73 bits per heavy atom. The molecule has 0 aromatic heterocycles. The molecule has 0 radical (unpaired) electrons. The van der Waals surface area contributed by atoms with Crippen LogP contribution in [0.3, 0.4) is 0 Å². The predicted octanol–water partition coefficient (Wildman–Crippen LogP) is 3.11. The number of carbonyl (C=O) groups is 1. The number of hydrogen-bond acceptors (Lipinski definition) is 2. The zero-order valence-corrected chi connectivity index (χ0v) is 7.96. The summed E-state index contributed by atoms with van der Waals surface area (Å²) in [6.45, 7) is 4.24. The minimum absolute atomic E-state index is 0.327. The summed E-state index contributed by atoms with van der Waals surface area (Å²) in [5.74, 6) is 0. The Kier molecular flexibility index (Phi) is 3.18. The van der Waals surface area contributed by atoms with E-state index in [0.717, 1.165) is 6.42 Å². The summed E-state index contributed by atoms with van der Waals surface area (Å²) in [7, 11) is 0. The Morgan fingerprint density at radius 2 is 2.27 bits per heavy atom. The normalized spacial score (nSPS) is 18.2. The highest BCUT2D eigenvalue weighted by Crippen LogP contribution is 2.34. The van der Waals surface area contributed by atoms with Crippen molar-refractivity contribution in [3.63, 3.8) is 0 Å². The molecule has 0 spiro atoms. The van der Waals surface area contributed by atoms with Gasteiger partial charge in [0.2, 0.25) is 0 Å². The minimum Gasteiger partial charge on any atom is -0.286 e. The van der Waals surface area contributed by atoms with Crippen LogP contribution < -0.4 is 0 Å². The Balaban J connectivity index is 2.44. The molecule has 1 heterocycles. The van der Waals surface area contributed by atoms with E-state index in [1.807, 2.05) is 0 Å². The average molecular weight is 170 g/mol. The lowest BCUT2D eigenvalue weighted by Gasteiger charge is -1.98. The van der Waals surface area contributed by atoms with Crippen LogP contribution in [0.15, 0.2) is 10.5 Å². The number of unbranched alkanes of at least 4 members (excludes halogenated alkanes) is 1. The molecule has 0 aromatic rings. The van der Waals surface area contributed by atoms with E-state index in [1.165, 1.54) is 35.1 Å². The molecule has 1 rings (SSSR count). The SMILES string of the molecule is CCCCC1=C(C)SC(=O)C1. The third-order valence-electron chi connectivity index (χ3n) is 1.95. The van der Waals surface area contributed by atoms with Crippen molar-refractivity contribution in [3.8, 4) is 0 Å². The molecule has 0 aromatic carbocycles. The quantitative estimate of drug-likeness (QED) is 0.647. The molecule has 0 amide bonds. The lowest BCUT2D eigenvalue weighted by atomic mass is 10.1. The van der Waals surface area contributed by atoms with E-state index in [2.05, 4.69) is 13.8 Å². The van der Waals surface area contributed by atoms with Crippen LogP contribution >= 0.6 is 11.8 Å². The van der Waals surface area contributed by atoms with Gasteiger partial charge in [-0.05, 0) is 24.7 Å². The average Bonchev–Trinajstić information content (AvgIpc) is 2.26. The van der Waals surface area contributed by atoms with E-state index in [4.69, 9.17) is 0 Å². The van der Waals surface area contributed by atoms with Gasteiger partial charge in [-0.1, -0.05) is 30.7 Å². The molecule has 1 aliphatic heterocycles. The van der Waals surface area contributed by atoms with Gasteiger partial charge < -0.3 is 0 Å². The first-order valence-corrected chi connectivity index (χ1v) is 4.95. The van der Waals surface area contributed by atoms with Crippen LogP contribution in [-0.2, 0) is 4.79 Å². The van der Waals surface area contributed by atoms with E-state index in [0.29, 0.717) is 11.5 Å². The first kappa shape index (κ1) is 8.85. The monoisotopic (exact) mass is 170 g/mol. The molecular formula is C9H14OS. The Bertz CT molecular complexity index is 194. The van der Waals surface area contributed by atoms with Crippen LogP contribution in [0.2, 0.25) is 0 Å². The first-order chi connectivity index (χ1) is 5.24. The second kappa shape index (κ2) is 3.96. The molecule has 1 aliphatic rings. The lowest BCUT2D eigenvalue weighted by Crippen LogP contribution is -1.85. The maximum Gasteiger partial charge on any atom is 0.197 e. The summed E-state index contributed by atoms with van der Waals surface area (Å²) in [4.78, 5) is 12.2. The molecule has 0 bridgehead atoms. The zero-order valence-electron chi connectivity index (χ0n) is 7.14. The molecule has 1 nitrogen and oxygen atoms in total. The summed E-state index contributed by atoms with van der Waals surface area (Å²) in [5, 5.41) is 0.327. The molecule has 0 fully saturated rings. The van der Waals surface area contributed by atoms with Gasteiger partial charge in [-0.15, -0.1) is 0 Å². The fourth-order valence-electron chi connectivity index (χ4n) is 1.23. The van der Waals surface area contributed by atoms with Crippen LogP contribution in [0, 0.1) is 0 Å². The largest absolute Gasteiger partial charge is 0.286 e. The van der Waals surface area contributed by atoms with E-state index >= 15 is 0 Å². The molecule has 2 heteroatoms. The van der Waals surface area contributed by atoms with Gasteiger partial charge in [0.25, 0.3) is 0 Å². The Morgan fingerprint density at radius 1 is 1.55 bits per heavy atom. The molecule has 0 unspecified atom stereocenters. The lowest BCUT2D eigenvalue weighted by molar-refractivity contribution is -0.110. The Labute approximate surface area is 72.2 Å². The molecule has 0 saturated heterocycles. The molecule has 0 aliphatic carbocycles. The van der Waals surface area contributed by atoms with Gasteiger partial charge in [0.1, 0.15) is 0 Å². The van der Waals surface area contributed by atoms with Crippen molar-refractivity contribution in [2.45, 2.75) is 39.5 Å². The molecule has 62 valence electrons. The Hall–Kier alpha value is -0.240. The smallest absolute Gasteiger partial charge is 0.197 e. The highest BCUT2D eigenvalue weighted by Gasteiger charge is 2.18. The highest BCUT2D eigenvalue weighted by molar-refractivity contribution is 8.17. The first-order valence-electron chi connectivity index (χ1n) is 4.13. The summed E-state index contributed by atoms with van der Waals surface area (Å²) in [6.07, 6.45) is 4.27. The van der Waals surface area contributed by atoms with Crippen LogP contribution in [0.1, 0.15) is 39.5 Å². The topological polar surface area (TPSA) is 17.1 Å². The van der Waals surface area contributed by atoms with Crippen LogP contribution in [-0.4, -0.2) is 5.12 Å². The number of thioether (sulfide) groups is 1. The second-order valence-corrected chi connectivity index (χ2v) is 4.19. The van der Waals surface area contributed by atoms with E-state index in [-0.39, 0.29) is 0 Å². The van der Waals surface area contributed by atoms with Crippen LogP contribution in [0.4, 0.5) is 0 Å². The molecule has 0 N–H and O–H groups in total. The summed E-state index contributed by atoms with van der Waals surface area (Å²) < 4.78 is 0. The fourth-order valence-corrected chi connectivity index (χ4v) is 2.14. The number of rotatable bonds is 3. The van der Waals surface area contributed by atoms with Crippen LogP contribution in [0.25, 0.3) is 0 Å². The third kappa shape index (κ3) is 2.37. The third-order valence-corrected chi connectivity index (χ3v) is 2.92. The van der Waals surface area contributed by atoms with E-state index in [9.17, 15) is 4.79 Å². The van der Waals surface area contributed by atoms with Crippen LogP contribution in [0.5, 0.6) is 0 Å². The summed E-state index contributed by atoms with van der Waals surface area (Å²) in [5.41, 5.74) is 1.38. The van der Waals surface area contributed by atoms with Crippen molar-refractivity contribution in [3.05, 3.63) is 10.5 Å². The van der Waals surface area contributed by atoms with Gasteiger partial charge in [-0.2, -0.15) is 0 Å². The maximum atomic E-state index is 10.9. The van der Waals surface area contributed by atoms with Gasteiger partial charge in [0, 0.05) is 6.42 Å². The van der Waals surface area contributed by atoms with Crippen molar-refractivity contribution in [1.29, 1.82) is 0 Å². The maximum absolute atomic E-state index is 10.9. The fraction of sp³-hybridized carbons (Fsp3) is 0.667. The van der Waals surface area contributed by atoms with Crippen molar-refractivity contribution >= 4 is 16.9 Å². The van der Waals surface area contributed by atoms with Gasteiger partial charge in [0.15, 0.2) is 5.12 Å². The molecule has 0 saturated carbocycles. The number of carbonyl (C=O) groups excluding carboxylic acids is 1. The predicted molar refractivity (Wildman–Crippen MR) is 49.4 cm³/mol. The number of allylic oxidation sites excluding steroid dienone is 2. The van der Waals surface area contributed by atoms with E-state index < -0.39 is 0 Å².